The normalized spacial score (nSPS) is 41.8. The van der Waals surface area contributed by atoms with Crippen LogP contribution < -0.4 is 16.0 Å². The molecule has 1 amide bonds. The maximum absolute atomic E-state index is 16.2. The van der Waals surface area contributed by atoms with Crippen molar-refractivity contribution in [2.45, 2.75) is 152 Å². The van der Waals surface area contributed by atoms with E-state index in [0.29, 0.717) is 11.8 Å². The van der Waals surface area contributed by atoms with Crippen molar-refractivity contribution < 1.29 is 18.7 Å². The number of nitrogens with one attached hydrogen (secondary N) is 3. The van der Waals surface area contributed by atoms with Crippen molar-refractivity contribution in [3.05, 3.63) is 11.8 Å². The molecule has 9 heteroatoms. The molecule has 7 aliphatic rings. The molecule has 3 N–H and O–H groups in total. The fraction of sp³-hybridized carbons (Fsp3) is 0.886. The number of alkyl halides is 1. The summed E-state index contributed by atoms with van der Waals surface area (Å²) < 4.78 is 23.1. The van der Waals surface area contributed by atoms with E-state index in [4.69, 9.17) is 4.74 Å². The summed E-state index contributed by atoms with van der Waals surface area (Å²) in [5.41, 5.74) is -0.0282. The van der Waals surface area contributed by atoms with E-state index in [9.17, 15) is 9.59 Å². The van der Waals surface area contributed by atoms with Crippen molar-refractivity contribution in [2.24, 2.45) is 17.8 Å². The summed E-state index contributed by atoms with van der Waals surface area (Å²) in [6.07, 6.45) is 11.6. The van der Waals surface area contributed by atoms with Crippen LogP contribution in [0.4, 0.5) is 4.39 Å². The third-order valence-corrected chi connectivity index (χ3v) is 12.3. The zero-order chi connectivity index (χ0) is 30.8. The second-order valence-corrected chi connectivity index (χ2v) is 16.7. The number of carbonyl (C=O) groups is 2. The summed E-state index contributed by atoms with van der Waals surface area (Å²) in [4.78, 5) is 32.9. The molecule has 0 spiro atoms. The molecule has 9 unspecified atom stereocenters. The van der Waals surface area contributed by atoms with E-state index in [1.54, 1.807) is 0 Å². The molecule has 4 heterocycles. The number of fused-ring (bicyclic) bond motifs is 3. The van der Waals surface area contributed by atoms with Crippen LogP contribution in [0.15, 0.2) is 11.8 Å². The number of ketones is 1. The number of amides is 1. The summed E-state index contributed by atoms with van der Waals surface area (Å²) >= 11 is 0. The fourth-order valence-electron chi connectivity index (χ4n) is 10.8. The molecule has 44 heavy (non-hydrogen) atoms. The largest absolute Gasteiger partial charge is 0.369 e. The molecule has 0 bridgehead atoms. The number of carbonyl (C=O) groups excluding carboxylic acids is 2. The molecule has 0 aromatic heterocycles. The summed E-state index contributed by atoms with van der Waals surface area (Å²) in [6.45, 7) is 12.5. The zero-order valence-corrected chi connectivity index (χ0v) is 27.5. The summed E-state index contributed by atoms with van der Waals surface area (Å²) in [7, 11) is 0. The molecular formula is C35H56FN5O3. The zero-order valence-electron chi connectivity index (χ0n) is 27.5. The second-order valence-electron chi connectivity index (χ2n) is 16.7. The van der Waals surface area contributed by atoms with Crippen LogP contribution in [-0.4, -0.2) is 101 Å². The van der Waals surface area contributed by atoms with Gasteiger partial charge in [0.05, 0.1) is 35.9 Å². The third kappa shape index (κ3) is 6.00. The Balaban J connectivity index is 1.16. The number of Topliss-reactive ketones (excluding diaryl/α,β-unsaturated/α-hetero) is 1. The number of piperidine rings is 1. The Morgan fingerprint density at radius 2 is 1.70 bits per heavy atom. The van der Waals surface area contributed by atoms with E-state index in [2.05, 4.69) is 53.4 Å². The highest BCUT2D eigenvalue weighted by atomic mass is 19.1. The predicted molar refractivity (Wildman–Crippen MR) is 169 cm³/mol. The third-order valence-electron chi connectivity index (χ3n) is 12.3. The quantitative estimate of drug-likeness (QED) is 0.394. The molecule has 3 aliphatic carbocycles. The van der Waals surface area contributed by atoms with Gasteiger partial charge in [-0.2, -0.15) is 0 Å². The van der Waals surface area contributed by atoms with E-state index < -0.39 is 24.2 Å². The van der Waals surface area contributed by atoms with Gasteiger partial charge in [-0.05, 0) is 97.6 Å². The van der Waals surface area contributed by atoms with E-state index in [0.717, 1.165) is 51.9 Å². The van der Waals surface area contributed by atoms with Gasteiger partial charge >= 0.3 is 0 Å². The number of hydrogen-bond donors (Lipinski definition) is 3. The number of likely N-dealkylation sites (tertiary alicyclic amines) is 1. The summed E-state index contributed by atoms with van der Waals surface area (Å²) in [5.74, 6) is 0.265. The minimum atomic E-state index is -1.19. The predicted octanol–water partition coefficient (Wildman–Crippen LogP) is 3.70. The first-order valence-corrected chi connectivity index (χ1v) is 17.9. The van der Waals surface area contributed by atoms with Crippen molar-refractivity contribution in [2.75, 3.05) is 26.2 Å². The first-order chi connectivity index (χ1) is 21.0. The molecule has 0 aromatic carbocycles. The Morgan fingerprint density at radius 1 is 1.02 bits per heavy atom. The molecule has 0 radical (unpaired) electrons. The highest BCUT2D eigenvalue weighted by Crippen LogP contribution is 2.50. The van der Waals surface area contributed by atoms with Gasteiger partial charge in [-0.1, -0.05) is 25.7 Å². The van der Waals surface area contributed by atoms with Crippen molar-refractivity contribution in [3.8, 4) is 0 Å². The summed E-state index contributed by atoms with van der Waals surface area (Å²) in [5, 5.41) is 10.5. The van der Waals surface area contributed by atoms with Crippen LogP contribution in [0.1, 0.15) is 98.3 Å². The Morgan fingerprint density at radius 3 is 2.41 bits per heavy atom. The average Bonchev–Trinajstić information content (AvgIpc) is 3.46. The van der Waals surface area contributed by atoms with Gasteiger partial charge in [0.15, 0.2) is 5.78 Å². The van der Waals surface area contributed by atoms with Gasteiger partial charge < -0.3 is 30.5 Å². The van der Waals surface area contributed by atoms with E-state index in [1.165, 1.54) is 38.5 Å². The smallest absolute Gasteiger partial charge is 0.256 e. The molecule has 9 atom stereocenters. The van der Waals surface area contributed by atoms with Gasteiger partial charge in [0.25, 0.3) is 5.91 Å². The molecule has 0 aromatic rings. The maximum Gasteiger partial charge on any atom is 0.256 e. The Kier molecular flexibility index (Phi) is 8.41. The van der Waals surface area contributed by atoms with Crippen molar-refractivity contribution >= 4 is 11.7 Å². The lowest BCUT2D eigenvalue weighted by molar-refractivity contribution is -0.208. The Hall–Kier alpha value is -1.55. The number of rotatable bonds is 6. The van der Waals surface area contributed by atoms with Gasteiger partial charge in [-0.15, -0.1) is 0 Å². The van der Waals surface area contributed by atoms with Gasteiger partial charge in [-0.25, -0.2) is 4.39 Å². The number of morpholine rings is 1. The Bertz CT molecular complexity index is 1120. The second kappa shape index (κ2) is 11.9. The number of hydrogen-bond acceptors (Lipinski definition) is 7. The number of ether oxygens (including phenoxy) is 1. The SMILES string of the molecule is CC1(C)CC(NC(=O)C2=CN3C4CC5CCCCC5CC4OC4C(NCCN5CCCC5)C(F)CC(C2=O)C43)CC(C)(C)N1. The van der Waals surface area contributed by atoms with Crippen LogP contribution in [-0.2, 0) is 14.3 Å². The van der Waals surface area contributed by atoms with E-state index >= 15 is 4.39 Å². The van der Waals surface area contributed by atoms with Crippen LogP contribution in [0.3, 0.4) is 0 Å². The molecule has 6 fully saturated rings. The lowest BCUT2D eigenvalue weighted by Crippen LogP contribution is -2.73. The average molecular weight is 614 g/mol. The van der Waals surface area contributed by atoms with E-state index in [-0.39, 0.29) is 59.0 Å². The lowest BCUT2D eigenvalue weighted by Gasteiger charge is -2.61. The molecular weight excluding hydrogens is 557 g/mol. The van der Waals surface area contributed by atoms with Gasteiger partial charge in [0.1, 0.15) is 6.17 Å². The monoisotopic (exact) mass is 613 g/mol. The highest BCUT2D eigenvalue weighted by molar-refractivity contribution is 6.20. The van der Waals surface area contributed by atoms with Gasteiger partial charge in [0, 0.05) is 42.3 Å². The molecule has 7 rings (SSSR count). The molecule has 3 saturated carbocycles. The Labute approximate surface area is 263 Å². The maximum atomic E-state index is 16.2. The highest BCUT2D eigenvalue weighted by Gasteiger charge is 2.59. The van der Waals surface area contributed by atoms with Crippen LogP contribution >= 0.6 is 0 Å². The first kappa shape index (κ1) is 31.1. The number of halogens is 1. The minimum absolute atomic E-state index is 0.00390. The van der Waals surface area contributed by atoms with Crippen molar-refractivity contribution in [3.63, 3.8) is 0 Å². The van der Waals surface area contributed by atoms with Crippen LogP contribution in [0, 0.1) is 17.8 Å². The molecule has 8 nitrogen and oxygen atoms in total. The van der Waals surface area contributed by atoms with Crippen LogP contribution in [0.5, 0.6) is 0 Å². The molecule has 4 aliphatic heterocycles. The van der Waals surface area contributed by atoms with Gasteiger partial charge in [0.2, 0.25) is 0 Å². The number of nitrogens with zero attached hydrogens (tertiary/aromatic N) is 2. The molecule has 3 saturated heterocycles. The van der Waals surface area contributed by atoms with Crippen molar-refractivity contribution in [1.29, 1.82) is 0 Å². The summed E-state index contributed by atoms with van der Waals surface area (Å²) in [6, 6.07) is -0.574. The van der Waals surface area contributed by atoms with Crippen LogP contribution in [0.2, 0.25) is 0 Å². The lowest BCUT2D eigenvalue weighted by atomic mass is 9.65. The first-order valence-electron chi connectivity index (χ1n) is 17.9. The van der Waals surface area contributed by atoms with Crippen LogP contribution in [0.25, 0.3) is 0 Å². The minimum Gasteiger partial charge on any atom is -0.369 e. The van der Waals surface area contributed by atoms with Crippen molar-refractivity contribution in [1.82, 2.24) is 25.8 Å². The molecule has 246 valence electrons. The fourth-order valence-corrected chi connectivity index (χ4v) is 10.8. The van der Waals surface area contributed by atoms with Gasteiger partial charge in [-0.3, -0.25) is 9.59 Å². The topological polar surface area (TPSA) is 85.9 Å². The van der Waals surface area contributed by atoms with E-state index in [1.807, 2.05) is 6.20 Å². The standard InChI is InChI=1S/C35H56FN5O3/c1-34(2)18-23(19-35(3,4)39-34)38-33(43)25-20-41-27-15-21-9-5-6-10-22(21)16-28(27)44-32-29(37-11-14-40-12-7-8-13-40)26(36)17-24(30(32)41)31(25)42/h20-24,26-30,32,37,39H,5-19H2,1-4H3,(H,38,43).